The summed E-state index contributed by atoms with van der Waals surface area (Å²) in [5.74, 6) is 0.409. The molecule has 17 heavy (non-hydrogen) atoms. The average Bonchev–Trinajstić information content (AvgIpc) is 2.68. The molecule has 2 aromatic heterocycles. The van der Waals surface area contributed by atoms with E-state index in [0.29, 0.717) is 28.2 Å². The minimum atomic E-state index is 0.409. The third-order valence-corrected chi connectivity index (χ3v) is 2.55. The number of pyridine rings is 1. The molecule has 0 atom stereocenters. The van der Waals surface area contributed by atoms with E-state index in [2.05, 4.69) is 9.97 Å². The molecule has 5 nitrogen and oxygen atoms in total. The van der Waals surface area contributed by atoms with Crippen molar-refractivity contribution in [1.29, 1.82) is 0 Å². The quantitative estimate of drug-likeness (QED) is 0.491. The van der Waals surface area contributed by atoms with Crippen LogP contribution >= 0.6 is 0 Å². The number of anilines is 1. The van der Waals surface area contributed by atoms with Gasteiger partial charge in [-0.15, -0.1) is 0 Å². The normalized spacial score (nSPS) is 10.8. The summed E-state index contributed by atoms with van der Waals surface area (Å²) >= 11 is 0. The summed E-state index contributed by atoms with van der Waals surface area (Å²) in [6.45, 7) is 0. The molecule has 0 saturated carbocycles. The first-order chi connectivity index (χ1) is 8.25. The van der Waals surface area contributed by atoms with Gasteiger partial charge in [0, 0.05) is 11.9 Å². The molecule has 0 fully saturated rings. The lowest BCUT2D eigenvalue weighted by Gasteiger charge is -1.99. The van der Waals surface area contributed by atoms with Crippen LogP contribution < -0.4 is 5.73 Å². The van der Waals surface area contributed by atoms with Crippen LogP contribution in [0.15, 0.2) is 42.6 Å². The van der Waals surface area contributed by atoms with Gasteiger partial charge in [0.1, 0.15) is 11.2 Å². The molecule has 2 heterocycles. The van der Waals surface area contributed by atoms with E-state index in [-0.39, 0.29) is 0 Å². The molecule has 3 aromatic rings. The Morgan fingerprint density at radius 1 is 1.18 bits per heavy atom. The lowest BCUT2D eigenvalue weighted by atomic mass is 10.3. The van der Waals surface area contributed by atoms with Crippen LogP contribution in [0, 0.1) is 0 Å². The maximum atomic E-state index is 10.0. The Balaban J connectivity index is 2.28. The van der Waals surface area contributed by atoms with Crippen LogP contribution in [0.4, 0.5) is 5.69 Å². The van der Waals surface area contributed by atoms with Crippen molar-refractivity contribution >= 4 is 16.7 Å². The van der Waals surface area contributed by atoms with Crippen molar-refractivity contribution in [2.75, 3.05) is 5.73 Å². The molecule has 0 amide bonds. The number of imidazole rings is 1. The van der Waals surface area contributed by atoms with Gasteiger partial charge in [0.2, 0.25) is 0 Å². The van der Waals surface area contributed by atoms with Gasteiger partial charge >= 0.3 is 0 Å². The predicted molar refractivity (Wildman–Crippen MR) is 64.6 cm³/mol. The SMILES string of the molecule is Nc1ccc2nc(-c3ccccn3)n(O)c2c1. The average molecular weight is 226 g/mol. The summed E-state index contributed by atoms with van der Waals surface area (Å²) in [6, 6.07) is 10.6. The number of hydrogen-bond donors (Lipinski definition) is 2. The van der Waals surface area contributed by atoms with Crippen LogP contribution in [0.2, 0.25) is 0 Å². The van der Waals surface area contributed by atoms with Crippen LogP contribution in [0.3, 0.4) is 0 Å². The summed E-state index contributed by atoms with van der Waals surface area (Å²) in [4.78, 5) is 8.47. The van der Waals surface area contributed by atoms with Crippen molar-refractivity contribution in [3.8, 4) is 11.5 Å². The van der Waals surface area contributed by atoms with Crippen molar-refractivity contribution in [3.05, 3.63) is 42.6 Å². The molecule has 0 unspecified atom stereocenters. The number of nitrogen functional groups attached to an aromatic ring is 1. The Bertz CT molecular complexity index is 676. The second kappa shape index (κ2) is 3.48. The highest BCUT2D eigenvalue weighted by atomic mass is 16.5. The Labute approximate surface area is 97.1 Å². The van der Waals surface area contributed by atoms with Crippen LogP contribution in [0.5, 0.6) is 0 Å². The van der Waals surface area contributed by atoms with Gasteiger partial charge < -0.3 is 10.9 Å². The monoisotopic (exact) mass is 226 g/mol. The van der Waals surface area contributed by atoms with E-state index in [1.807, 2.05) is 12.1 Å². The number of aromatic nitrogens is 3. The number of hydrogen-bond acceptors (Lipinski definition) is 4. The number of nitrogens with zero attached hydrogens (tertiary/aromatic N) is 3. The molecule has 0 saturated heterocycles. The van der Waals surface area contributed by atoms with Crippen LogP contribution in [0.25, 0.3) is 22.6 Å². The Kier molecular flexibility index (Phi) is 1.98. The molecule has 5 heteroatoms. The summed E-state index contributed by atoms with van der Waals surface area (Å²) in [7, 11) is 0. The first kappa shape index (κ1) is 9.65. The van der Waals surface area contributed by atoms with Crippen molar-refractivity contribution < 1.29 is 5.21 Å². The van der Waals surface area contributed by atoms with E-state index < -0.39 is 0 Å². The lowest BCUT2D eigenvalue weighted by molar-refractivity contribution is 0.203. The fourth-order valence-corrected chi connectivity index (χ4v) is 1.74. The number of nitrogens with two attached hydrogens (primary N) is 1. The molecule has 0 aliphatic heterocycles. The van der Waals surface area contributed by atoms with E-state index in [1.165, 1.54) is 0 Å². The molecule has 84 valence electrons. The molecule has 0 spiro atoms. The van der Waals surface area contributed by atoms with Gasteiger partial charge in [0.25, 0.3) is 0 Å². The first-order valence-electron chi connectivity index (χ1n) is 5.14. The minimum absolute atomic E-state index is 0.409. The van der Waals surface area contributed by atoms with E-state index >= 15 is 0 Å². The van der Waals surface area contributed by atoms with Crippen molar-refractivity contribution in [2.45, 2.75) is 0 Å². The van der Waals surface area contributed by atoms with Gasteiger partial charge in [0.05, 0.1) is 5.52 Å². The number of fused-ring (bicyclic) bond motifs is 1. The zero-order valence-corrected chi connectivity index (χ0v) is 8.91. The molecular formula is C12H10N4O. The van der Waals surface area contributed by atoms with Gasteiger partial charge in [-0.25, -0.2) is 4.98 Å². The second-order valence-electron chi connectivity index (χ2n) is 3.71. The zero-order chi connectivity index (χ0) is 11.8. The van der Waals surface area contributed by atoms with E-state index in [9.17, 15) is 5.21 Å². The highest BCUT2D eigenvalue weighted by molar-refractivity contribution is 5.82. The third-order valence-electron chi connectivity index (χ3n) is 2.55. The van der Waals surface area contributed by atoms with Gasteiger partial charge in [-0.1, -0.05) is 6.07 Å². The number of rotatable bonds is 1. The lowest BCUT2D eigenvalue weighted by Crippen LogP contribution is -1.95. The Hall–Kier alpha value is -2.56. The zero-order valence-electron chi connectivity index (χ0n) is 8.91. The molecular weight excluding hydrogens is 216 g/mol. The predicted octanol–water partition coefficient (Wildman–Crippen LogP) is 1.92. The first-order valence-corrected chi connectivity index (χ1v) is 5.14. The Morgan fingerprint density at radius 3 is 2.82 bits per heavy atom. The molecule has 0 aliphatic rings. The maximum absolute atomic E-state index is 10.0. The standard InChI is InChI=1S/C12H10N4O/c13-8-4-5-9-11(7-8)16(17)12(15-9)10-3-1-2-6-14-10/h1-7,17H,13H2. The molecule has 1 aromatic carbocycles. The van der Waals surface area contributed by atoms with E-state index in [4.69, 9.17) is 5.73 Å². The Morgan fingerprint density at radius 2 is 2.06 bits per heavy atom. The van der Waals surface area contributed by atoms with Gasteiger partial charge in [-0.2, -0.15) is 4.73 Å². The van der Waals surface area contributed by atoms with Crippen LogP contribution in [0.1, 0.15) is 0 Å². The largest absolute Gasteiger partial charge is 0.426 e. The molecule has 0 bridgehead atoms. The van der Waals surface area contributed by atoms with E-state index in [0.717, 1.165) is 4.73 Å². The van der Waals surface area contributed by atoms with Crippen molar-refractivity contribution in [3.63, 3.8) is 0 Å². The van der Waals surface area contributed by atoms with Crippen LogP contribution in [-0.4, -0.2) is 19.9 Å². The van der Waals surface area contributed by atoms with Crippen molar-refractivity contribution in [1.82, 2.24) is 14.7 Å². The second-order valence-corrected chi connectivity index (χ2v) is 3.71. The van der Waals surface area contributed by atoms with Gasteiger partial charge in [-0.05, 0) is 30.3 Å². The van der Waals surface area contributed by atoms with Gasteiger partial charge in [-0.3, -0.25) is 4.98 Å². The molecule has 3 N–H and O–H groups in total. The third kappa shape index (κ3) is 1.48. The topological polar surface area (TPSA) is 77.0 Å². The molecule has 3 rings (SSSR count). The van der Waals surface area contributed by atoms with Gasteiger partial charge in [0.15, 0.2) is 5.82 Å². The molecule has 0 aliphatic carbocycles. The fraction of sp³-hybridized carbons (Fsp3) is 0. The minimum Gasteiger partial charge on any atom is -0.426 e. The highest BCUT2D eigenvalue weighted by Crippen LogP contribution is 2.23. The van der Waals surface area contributed by atoms with Crippen molar-refractivity contribution in [2.24, 2.45) is 0 Å². The highest BCUT2D eigenvalue weighted by Gasteiger charge is 2.12. The maximum Gasteiger partial charge on any atom is 0.195 e. The number of benzene rings is 1. The van der Waals surface area contributed by atoms with E-state index in [1.54, 1.807) is 30.5 Å². The summed E-state index contributed by atoms with van der Waals surface area (Å²) in [5, 5.41) is 10.0. The summed E-state index contributed by atoms with van der Waals surface area (Å²) < 4.78 is 1.01. The van der Waals surface area contributed by atoms with Crippen LogP contribution in [-0.2, 0) is 0 Å². The fourth-order valence-electron chi connectivity index (χ4n) is 1.74. The summed E-state index contributed by atoms with van der Waals surface area (Å²) in [6.07, 6.45) is 1.66. The molecule has 0 radical (unpaired) electrons. The summed E-state index contributed by atoms with van der Waals surface area (Å²) in [5.41, 5.74) is 8.13. The smallest absolute Gasteiger partial charge is 0.195 e.